The zero-order valence-corrected chi connectivity index (χ0v) is 22.9. The van der Waals surface area contributed by atoms with Crippen LogP contribution >= 0.6 is 0 Å². The molecule has 0 aliphatic carbocycles. The Balaban J connectivity index is 1.48. The van der Waals surface area contributed by atoms with Gasteiger partial charge in [-0.1, -0.05) is 72.2 Å². The van der Waals surface area contributed by atoms with Gasteiger partial charge in [0.15, 0.2) is 0 Å². The summed E-state index contributed by atoms with van der Waals surface area (Å²) in [6.45, 7) is 21.5. The van der Waals surface area contributed by atoms with E-state index in [9.17, 15) is 4.79 Å². The van der Waals surface area contributed by atoms with Crippen molar-refractivity contribution < 1.29 is 4.79 Å². The zero-order valence-electron chi connectivity index (χ0n) is 22.9. The number of rotatable bonds is 4. The molecule has 3 aliphatic heterocycles. The number of amides is 2. The van der Waals surface area contributed by atoms with Crippen LogP contribution < -0.4 is 0 Å². The van der Waals surface area contributed by atoms with Crippen LogP contribution in [0.25, 0.3) is 0 Å². The Hall–Kier alpha value is -2.85. The average molecular weight is 484 g/mol. The molecule has 0 N–H and O–H groups in total. The molecule has 0 unspecified atom stereocenters. The van der Waals surface area contributed by atoms with Crippen LogP contribution in [0, 0.1) is 27.7 Å². The molecule has 2 aromatic rings. The van der Waals surface area contributed by atoms with Crippen molar-refractivity contribution in [1.82, 2.24) is 14.7 Å². The van der Waals surface area contributed by atoms with Crippen molar-refractivity contribution in [2.75, 3.05) is 19.6 Å². The molecule has 0 radical (unpaired) electrons. The molecular formula is C32H41N3O. The van der Waals surface area contributed by atoms with E-state index in [0.29, 0.717) is 13.1 Å². The minimum Gasteiger partial charge on any atom is -0.309 e. The van der Waals surface area contributed by atoms with Crippen LogP contribution in [0.15, 0.2) is 54.3 Å². The minimum absolute atomic E-state index is 0.145. The number of nitrogens with zero attached hydrogens (tertiary/aromatic N) is 3. The van der Waals surface area contributed by atoms with Crippen LogP contribution in [0.2, 0.25) is 0 Å². The van der Waals surface area contributed by atoms with E-state index < -0.39 is 0 Å². The van der Waals surface area contributed by atoms with Gasteiger partial charge in [0.05, 0.1) is 12.1 Å². The monoisotopic (exact) mass is 483 g/mol. The number of benzene rings is 2. The first-order chi connectivity index (χ1) is 17.1. The summed E-state index contributed by atoms with van der Waals surface area (Å²) in [5, 5.41) is 0. The summed E-state index contributed by atoms with van der Waals surface area (Å²) in [7, 11) is 0. The summed E-state index contributed by atoms with van der Waals surface area (Å²) < 4.78 is 0. The number of fused-ring (bicyclic) bond motifs is 3. The second kappa shape index (κ2) is 9.23. The van der Waals surface area contributed by atoms with Crippen LogP contribution in [-0.2, 0) is 13.1 Å². The molecule has 2 saturated heterocycles. The van der Waals surface area contributed by atoms with Gasteiger partial charge >= 0.3 is 6.03 Å². The van der Waals surface area contributed by atoms with Gasteiger partial charge in [0.1, 0.15) is 0 Å². The quantitative estimate of drug-likeness (QED) is 0.449. The van der Waals surface area contributed by atoms with Crippen molar-refractivity contribution in [2.24, 2.45) is 0 Å². The zero-order chi connectivity index (χ0) is 25.8. The molecule has 4 nitrogen and oxygen atoms in total. The summed E-state index contributed by atoms with van der Waals surface area (Å²) in [6, 6.07) is 11.6. The molecule has 5 rings (SSSR count). The van der Waals surface area contributed by atoms with Gasteiger partial charge in [-0.3, -0.25) is 9.80 Å². The van der Waals surface area contributed by atoms with E-state index in [0.717, 1.165) is 38.0 Å². The summed E-state index contributed by atoms with van der Waals surface area (Å²) in [6.07, 6.45) is 4.32. The van der Waals surface area contributed by atoms with Crippen molar-refractivity contribution >= 4 is 6.03 Å². The van der Waals surface area contributed by atoms with Crippen molar-refractivity contribution in [3.05, 3.63) is 93.2 Å². The molecule has 2 fully saturated rings. The van der Waals surface area contributed by atoms with Gasteiger partial charge in [0.2, 0.25) is 0 Å². The molecule has 1 atom stereocenters. The summed E-state index contributed by atoms with van der Waals surface area (Å²) in [5.74, 6) is 0.281. The number of piperidine rings is 1. The van der Waals surface area contributed by atoms with E-state index in [1.807, 2.05) is 6.92 Å². The molecule has 36 heavy (non-hydrogen) atoms. The number of carbonyl (C=O) groups is 1. The van der Waals surface area contributed by atoms with Crippen molar-refractivity contribution in [3.8, 4) is 0 Å². The second-order valence-electron chi connectivity index (χ2n) is 11.7. The van der Waals surface area contributed by atoms with Crippen LogP contribution in [-0.4, -0.2) is 45.9 Å². The van der Waals surface area contributed by atoms with Crippen molar-refractivity contribution in [2.45, 2.75) is 78.9 Å². The number of aryl methyl sites for hydroxylation is 4. The van der Waals surface area contributed by atoms with E-state index >= 15 is 0 Å². The molecule has 1 spiro atoms. The van der Waals surface area contributed by atoms with Crippen LogP contribution in [0.3, 0.4) is 0 Å². The number of hydrogen-bond donors (Lipinski definition) is 0. The van der Waals surface area contributed by atoms with Gasteiger partial charge in [-0.2, -0.15) is 0 Å². The van der Waals surface area contributed by atoms with E-state index in [1.165, 1.54) is 44.6 Å². The number of carbonyl (C=O) groups excluding carboxylic acids is 1. The maximum Gasteiger partial charge on any atom is 0.325 e. The summed E-state index contributed by atoms with van der Waals surface area (Å²) >= 11 is 0. The Labute approximate surface area is 217 Å². The lowest BCUT2D eigenvalue weighted by molar-refractivity contribution is 0.0909. The third kappa shape index (κ3) is 4.30. The van der Waals surface area contributed by atoms with Gasteiger partial charge in [-0.25, -0.2) is 4.79 Å². The maximum absolute atomic E-state index is 14.0. The summed E-state index contributed by atoms with van der Waals surface area (Å²) in [4.78, 5) is 20.8. The fourth-order valence-corrected chi connectivity index (χ4v) is 7.07. The van der Waals surface area contributed by atoms with E-state index in [-0.39, 0.29) is 17.5 Å². The van der Waals surface area contributed by atoms with Crippen molar-refractivity contribution in [3.63, 3.8) is 0 Å². The van der Waals surface area contributed by atoms with E-state index in [4.69, 9.17) is 0 Å². The average Bonchev–Trinajstić information content (AvgIpc) is 2.89. The highest BCUT2D eigenvalue weighted by Crippen LogP contribution is 2.48. The predicted octanol–water partition coefficient (Wildman–Crippen LogP) is 6.77. The Morgan fingerprint density at radius 2 is 1.64 bits per heavy atom. The number of allylic oxidation sites excluding steroid dienone is 1. The Bertz CT molecular complexity index is 1230. The highest BCUT2D eigenvalue weighted by atomic mass is 16.2. The summed E-state index contributed by atoms with van der Waals surface area (Å²) in [5.41, 5.74) is 11.3. The first kappa shape index (κ1) is 24.8. The van der Waals surface area contributed by atoms with E-state index in [2.05, 4.69) is 92.3 Å². The third-order valence-electron chi connectivity index (χ3n) is 8.35. The normalized spacial score (nSPS) is 21.3. The van der Waals surface area contributed by atoms with Gasteiger partial charge < -0.3 is 4.90 Å². The Kier molecular flexibility index (Phi) is 6.36. The van der Waals surface area contributed by atoms with Crippen molar-refractivity contribution in [1.29, 1.82) is 0 Å². The number of hydrogen-bond acceptors (Lipinski definition) is 2. The SMILES string of the molecule is C=C(C)CN1C(=O)N2Cc3cc(C)cc(C)c3[C@@H](C)C=C2C12CCN(Cc1cc(C)cc(C)c1)CC2. The molecule has 2 amide bonds. The Morgan fingerprint density at radius 3 is 2.28 bits per heavy atom. The van der Waals surface area contributed by atoms with Gasteiger partial charge in [0.25, 0.3) is 0 Å². The molecule has 0 aromatic heterocycles. The number of likely N-dealkylation sites (tertiary alicyclic amines) is 1. The van der Waals surface area contributed by atoms with Crippen LogP contribution in [0.4, 0.5) is 4.79 Å². The Morgan fingerprint density at radius 1 is 1.00 bits per heavy atom. The first-order valence-electron chi connectivity index (χ1n) is 13.4. The molecule has 4 heteroatoms. The predicted molar refractivity (Wildman–Crippen MR) is 148 cm³/mol. The smallest absolute Gasteiger partial charge is 0.309 e. The molecule has 2 aromatic carbocycles. The molecular weight excluding hydrogens is 442 g/mol. The maximum atomic E-state index is 14.0. The van der Waals surface area contributed by atoms with Crippen LogP contribution in [0.5, 0.6) is 0 Å². The van der Waals surface area contributed by atoms with Gasteiger partial charge in [0, 0.05) is 37.8 Å². The minimum atomic E-state index is -0.256. The van der Waals surface area contributed by atoms with E-state index in [1.54, 1.807) is 0 Å². The fourth-order valence-electron chi connectivity index (χ4n) is 7.07. The van der Waals surface area contributed by atoms with Gasteiger partial charge in [-0.05, 0) is 69.7 Å². The number of urea groups is 1. The van der Waals surface area contributed by atoms with Crippen LogP contribution in [0.1, 0.15) is 71.6 Å². The third-order valence-corrected chi connectivity index (χ3v) is 8.35. The lowest BCUT2D eigenvalue weighted by Gasteiger charge is -2.45. The standard InChI is InChI=1S/C32H41N3O/c1-21(2)18-35-31(36)34-20-28-16-24(5)13-25(6)30(28)26(7)17-29(34)32(35)8-10-33(11-9-32)19-27-14-22(3)12-23(4)15-27/h12-17,26H,1,8-11,18-20H2,2-7H3/t26-/m0/s1. The first-order valence-corrected chi connectivity index (χ1v) is 13.4. The molecule has 190 valence electrons. The lowest BCUT2D eigenvalue weighted by atomic mass is 9.81. The molecule has 0 saturated carbocycles. The fraction of sp³-hybridized carbons (Fsp3) is 0.469. The van der Waals surface area contributed by atoms with Gasteiger partial charge in [-0.15, -0.1) is 0 Å². The molecule has 3 heterocycles. The largest absolute Gasteiger partial charge is 0.325 e. The second-order valence-corrected chi connectivity index (χ2v) is 11.7. The topological polar surface area (TPSA) is 26.8 Å². The molecule has 0 bridgehead atoms. The highest BCUT2D eigenvalue weighted by molar-refractivity contribution is 5.83. The molecule has 3 aliphatic rings. The highest BCUT2D eigenvalue weighted by Gasteiger charge is 2.55. The lowest BCUT2D eigenvalue weighted by Crippen LogP contribution is -2.54.